The Morgan fingerprint density at radius 3 is 1.66 bits per heavy atom. The average Bonchev–Trinajstić information content (AvgIpc) is 3.89. The number of hydrogen-bond acceptors (Lipinski definition) is 3. The van der Waals surface area contributed by atoms with Gasteiger partial charge in [0, 0.05) is 33.0 Å². The molecular formula is C59H38N2O. The Labute approximate surface area is 360 Å². The number of fused-ring (bicyclic) bond motifs is 6. The Morgan fingerprint density at radius 2 is 0.871 bits per heavy atom. The van der Waals surface area contributed by atoms with Crippen LogP contribution in [0.25, 0.3) is 89.2 Å². The first-order valence-electron chi connectivity index (χ1n) is 21.1. The zero-order valence-electron chi connectivity index (χ0n) is 33.7. The summed E-state index contributed by atoms with van der Waals surface area (Å²) in [5.74, 6) is 0.677. The van der Waals surface area contributed by atoms with Gasteiger partial charge >= 0.3 is 0 Å². The summed E-state index contributed by atoms with van der Waals surface area (Å²) in [6, 6.07) is 82.2. The molecule has 0 radical (unpaired) electrons. The van der Waals surface area contributed by atoms with E-state index in [2.05, 4.69) is 200 Å². The summed E-state index contributed by atoms with van der Waals surface area (Å²) in [5, 5.41) is 2.23. The Morgan fingerprint density at radius 1 is 0.323 bits per heavy atom. The fourth-order valence-electron chi connectivity index (χ4n) is 9.84. The zero-order chi connectivity index (χ0) is 41.0. The molecule has 1 aliphatic rings. The maximum Gasteiger partial charge on any atom is 0.160 e. The van der Waals surface area contributed by atoms with Crippen molar-refractivity contribution in [3.05, 3.63) is 253 Å². The summed E-state index contributed by atoms with van der Waals surface area (Å²) in [7, 11) is 0. The zero-order valence-corrected chi connectivity index (χ0v) is 33.7. The van der Waals surface area contributed by atoms with Gasteiger partial charge in [-0.05, 0) is 74.3 Å². The molecule has 1 aliphatic carbocycles. The van der Waals surface area contributed by atoms with Crippen molar-refractivity contribution in [2.24, 2.45) is 0 Å². The first kappa shape index (κ1) is 35.8. The topological polar surface area (TPSA) is 38.9 Å². The van der Waals surface area contributed by atoms with Crippen LogP contribution in [0, 0.1) is 0 Å². The minimum Gasteiger partial charge on any atom is -0.455 e. The van der Waals surface area contributed by atoms with E-state index in [1.54, 1.807) is 0 Å². The molecule has 9 aromatic carbocycles. The molecule has 3 heteroatoms. The van der Waals surface area contributed by atoms with Crippen LogP contribution in [-0.4, -0.2) is 9.97 Å². The van der Waals surface area contributed by atoms with Crippen LogP contribution in [0.3, 0.4) is 0 Å². The predicted octanol–water partition coefficient (Wildman–Crippen LogP) is 15.1. The van der Waals surface area contributed by atoms with E-state index >= 15 is 0 Å². The SMILES string of the molecule is c1ccc(-c2nc(-c3cccc(-c4cccc5c4oc4ccccc45)c3)cc(-c3ccccc3-c3ccc4c(c3)-c3ccccc3C4(c3ccccc3)c3ccccc3)n2)cc1. The monoisotopic (exact) mass is 790 g/mol. The smallest absolute Gasteiger partial charge is 0.160 e. The van der Waals surface area contributed by atoms with Crippen molar-refractivity contribution in [3.8, 4) is 67.3 Å². The van der Waals surface area contributed by atoms with Crippen molar-refractivity contribution >= 4 is 21.9 Å². The van der Waals surface area contributed by atoms with E-state index < -0.39 is 5.41 Å². The molecule has 0 amide bonds. The summed E-state index contributed by atoms with van der Waals surface area (Å²) >= 11 is 0. The first-order chi connectivity index (χ1) is 30.7. The van der Waals surface area contributed by atoms with E-state index in [9.17, 15) is 0 Å². The highest BCUT2D eigenvalue weighted by molar-refractivity contribution is 6.09. The fourth-order valence-corrected chi connectivity index (χ4v) is 9.84. The van der Waals surface area contributed by atoms with Gasteiger partial charge in [0.25, 0.3) is 0 Å². The van der Waals surface area contributed by atoms with Crippen LogP contribution >= 0.6 is 0 Å². The Kier molecular flexibility index (Phi) is 8.39. The van der Waals surface area contributed by atoms with Crippen LogP contribution in [0.1, 0.15) is 22.3 Å². The fraction of sp³-hybridized carbons (Fsp3) is 0.0169. The van der Waals surface area contributed by atoms with Crippen LogP contribution < -0.4 is 0 Å². The minimum atomic E-state index is -0.455. The molecule has 0 saturated carbocycles. The number of para-hydroxylation sites is 2. The second-order valence-electron chi connectivity index (χ2n) is 16.0. The molecular weight excluding hydrogens is 753 g/mol. The van der Waals surface area contributed by atoms with Gasteiger partial charge in [0.2, 0.25) is 0 Å². The quantitative estimate of drug-likeness (QED) is 0.161. The number of benzene rings is 9. The third-order valence-corrected chi connectivity index (χ3v) is 12.6. The highest BCUT2D eigenvalue weighted by Gasteiger charge is 2.46. The molecule has 0 N–H and O–H groups in total. The molecule has 0 atom stereocenters. The Bertz CT molecular complexity index is 3420. The molecule has 2 aromatic heterocycles. The van der Waals surface area contributed by atoms with Crippen molar-refractivity contribution in [2.45, 2.75) is 5.41 Å². The normalized spacial score (nSPS) is 12.6. The van der Waals surface area contributed by atoms with Crippen LogP contribution in [0.15, 0.2) is 235 Å². The molecule has 0 saturated heterocycles. The van der Waals surface area contributed by atoms with Gasteiger partial charge in [0.1, 0.15) is 11.2 Å². The van der Waals surface area contributed by atoms with Crippen molar-refractivity contribution in [3.63, 3.8) is 0 Å². The number of hydrogen-bond donors (Lipinski definition) is 0. The lowest BCUT2D eigenvalue weighted by molar-refractivity contribution is 0.670. The van der Waals surface area contributed by atoms with Gasteiger partial charge < -0.3 is 4.42 Å². The van der Waals surface area contributed by atoms with Crippen molar-refractivity contribution in [2.75, 3.05) is 0 Å². The van der Waals surface area contributed by atoms with Crippen molar-refractivity contribution < 1.29 is 4.42 Å². The molecule has 3 nitrogen and oxygen atoms in total. The summed E-state index contributed by atoms with van der Waals surface area (Å²) in [5.41, 5.74) is 18.0. The molecule has 12 rings (SSSR count). The lowest BCUT2D eigenvalue weighted by atomic mass is 9.67. The predicted molar refractivity (Wildman–Crippen MR) is 254 cm³/mol. The highest BCUT2D eigenvalue weighted by Crippen LogP contribution is 2.57. The van der Waals surface area contributed by atoms with Gasteiger partial charge in [-0.2, -0.15) is 0 Å². The van der Waals surface area contributed by atoms with E-state index in [1.807, 2.05) is 30.3 Å². The third kappa shape index (κ3) is 5.67. The number of rotatable bonds is 7. The summed E-state index contributed by atoms with van der Waals surface area (Å²) < 4.78 is 6.47. The number of nitrogens with zero attached hydrogens (tertiary/aromatic N) is 2. The van der Waals surface area contributed by atoms with Crippen LogP contribution in [0.4, 0.5) is 0 Å². The second kappa shape index (κ2) is 14.5. The van der Waals surface area contributed by atoms with Gasteiger partial charge in [-0.15, -0.1) is 0 Å². The molecule has 2 heterocycles. The van der Waals surface area contributed by atoms with Crippen LogP contribution in [-0.2, 0) is 5.41 Å². The molecule has 0 spiro atoms. The number of aromatic nitrogens is 2. The second-order valence-corrected chi connectivity index (χ2v) is 16.0. The van der Waals surface area contributed by atoms with Gasteiger partial charge in [0.15, 0.2) is 5.82 Å². The molecule has 0 fully saturated rings. The van der Waals surface area contributed by atoms with E-state index in [0.29, 0.717) is 5.82 Å². The lowest BCUT2D eigenvalue weighted by Crippen LogP contribution is -2.28. The van der Waals surface area contributed by atoms with E-state index in [1.165, 1.54) is 33.4 Å². The van der Waals surface area contributed by atoms with Gasteiger partial charge in [-0.1, -0.05) is 206 Å². The summed E-state index contributed by atoms with van der Waals surface area (Å²) in [6.45, 7) is 0. The standard InChI is InChI=1S/C59H38N2O/c1-4-18-39(19-5-1)58-60-54(42-21-16-20-40(36-42)46-30-17-31-50-49-29-13-15-33-56(49)62-57(46)50)38-55(61-58)48-28-11-10-26-45(48)41-34-35-53-51(37-41)47-27-12-14-32-52(47)59(53,43-22-6-2-7-23-43)44-24-8-3-9-25-44/h1-38H. The molecule has 290 valence electrons. The third-order valence-electron chi connectivity index (χ3n) is 12.6. The lowest BCUT2D eigenvalue weighted by Gasteiger charge is -2.33. The summed E-state index contributed by atoms with van der Waals surface area (Å²) in [4.78, 5) is 10.6. The van der Waals surface area contributed by atoms with Crippen molar-refractivity contribution in [1.82, 2.24) is 9.97 Å². The van der Waals surface area contributed by atoms with E-state index in [0.717, 1.165) is 72.3 Å². The largest absolute Gasteiger partial charge is 0.455 e. The minimum absolute atomic E-state index is 0.455. The van der Waals surface area contributed by atoms with Crippen LogP contribution in [0.2, 0.25) is 0 Å². The first-order valence-corrected chi connectivity index (χ1v) is 21.1. The maximum absolute atomic E-state index is 6.47. The van der Waals surface area contributed by atoms with E-state index in [-0.39, 0.29) is 0 Å². The average molecular weight is 791 g/mol. The van der Waals surface area contributed by atoms with Crippen molar-refractivity contribution in [1.29, 1.82) is 0 Å². The molecule has 11 aromatic rings. The molecule has 0 aliphatic heterocycles. The van der Waals surface area contributed by atoms with Gasteiger partial charge in [-0.3, -0.25) is 0 Å². The molecule has 0 unspecified atom stereocenters. The van der Waals surface area contributed by atoms with E-state index in [4.69, 9.17) is 14.4 Å². The van der Waals surface area contributed by atoms with Gasteiger partial charge in [0.05, 0.1) is 16.8 Å². The number of furan rings is 1. The van der Waals surface area contributed by atoms with Gasteiger partial charge in [-0.25, -0.2) is 9.97 Å². The Balaban J connectivity index is 1.02. The molecule has 0 bridgehead atoms. The maximum atomic E-state index is 6.47. The highest BCUT2D eigenvalue weighted by atomic mass is 16.3. The van der Waals surface area contributed by atoms with Crippen LogP contribution in [0.5, 0.6) is 0 Å². The molecule has 62 heavy (non-hydrogen) atoms. The summed E-state index contributed by atoms with van der Waals surface area (Å²) in [6.07, 6.45) is 0. The Hall–Kier alpha value is -8.14.